The smallest absolute Gasteiger partial charge is 0.195 e. The highest BCUT2D eigenvalue weighted by Gasteiger charge is 2.09. The molecule has 3 nitrogen and oxygen atoms in total. The van der Waals surface area contributed by atoms with E-state index in [4.69, 9.17) is 15.9 Å². The zero-order valence-corrected chi connectivity index (χ0v) is 18.9. The topological polar surface area (TPSA) is 35.5 Å². The number of hydrogen-bond acceptors (Lipinski definition) is 4. The maximum absolute atomic E-state index is 13.0. The van der Waals surface area contributed by atoms with Gasteiger partial charge in [-0.3, -0.25) is 4.79 Å². The SMILES string of the molecule is C#CCOc1ccc2c(=O)c3ccc(Oc4ccc5cc6ccccc6cc5c4)cc3sc2c1. The van der Waals surface area contributed by atoms with Gasteiger partial charge in [0, 0.05) is 20.2 Å². The van der Waals surface area contributed by atoms with E-state index < -0.39 is 0 Å². The van der Waals surface area contributed by atoms with Gasteiger partial charge in [-0.05, 0) is 82.2 Å². The molecule has 6 rings (SSSR count). The maximum atomic E-state index is 13.0. The molecule has 1 heterocycles. The van der Waals surface area contributed by atoms with Crippen molar-refractivity contribution in [3.8, 4) is 29.6 Å². The first-order valence-corrected chi connectivity index (χ1v) is 11.7. The molecule has 34 heavy (non-hydrogen) atoms. The molecule has 0 spiro atoms. The number of benzene rings is 5. The summed E-state index contributed by atoms with van der Waals surface area (Å²) in [7, 11) is 0. The second-order valence-corrected chi connectivity index (χ2v) is 9.13. The van der Waals surface area contributed by atoms with Gasteiger partial charge in [0.25, 0.3) is 0 Å². The lowest BCUT2D eigenvalue weighted by molar-refractivity contribution is 0.371. The molecule has 0 aliphatic rings. The van der Waals surface area contributed by atoms with E-state index >= 15 is 0 Å². The highest BCUT2D eigenvalue weighted by molar-refractivity contribution is 7.24. The Kier molecular flexibility index (Phi) is 4.91. The van der Waals surface area contributed by atoms with Gasteiger partial charge < -0.3 is 9.47 Å². The van der Waals surface area contributed by atoms with Gasteiger partial charge in [-0.25, -0.2) is 0 Å². The second kappa shape index (κ2) is 8.22. The van der Waals surface area contributed by atoms with Gasteiger partial charge in [-0.2, -0.15) is 0 Å². The number of hydrogen-bond donors (Lipinski definition) is 0. The summed E-state index contributed by atoms with van der Waals surface area (Å²) in [6.45, 7) is 0.188. The van der Waals surface area contributed by atoms with E-state index in [1.165, 1.54) is 22.1 Å². The molecule has 0 saturated heterocycles. The van der Waals surface area contributed by atoms with E-state index in [0.29, 0.717) is 22.3 Å². The summed E-state index contributed by atoms with van der Waals surface area (Å²) in [5.74, 6) is 4.54. The molecule has 6 aromatic rings. The van der Waals surface area contributed by atoms with Gasteiger partial charge in [-0.1, -0.05) is 36.3 Å². The van der Waals surface area contributed by atoms with Crippen molar-refractivity contribution in [3.63, 3.8) is 0 Å². The average molecular weight is 459 g/mol. The first kappa shape index (κ1) is 20.3. The van der Waals surface area contributed by atoms with Crippen LogP contribution in [0, 0.1) is 12.3 Å². The fraction of sp³-hybridized carbons (Fsp3) is 0.0333. The largest absolute Gasteiger partial charge is 0.481 e. The minimum Gasteiger partial charge on any atom is -0.481 e. The van der Waals surface area contributed by atoms with Crippen molar-refractivity contribution < 1.29 is 9.47 Å². The third-order valence-electron chi connectivity index (χ3n) is 5.85. The molecule has 1 aromatic heterocycles. The van der Waals surface area contributed by atoms with Crippen molar-refractivity contribution in [3.05, 3.63) is 101 Å². The highest BCUT2D eigenvalue weighted by Crippen LogP contribution is 2.33. The molecule has 4 heteroatoms. The van der Waals surface area contributed by atoms with Crippen LogP contribution in [0.15, 0.2) is 95.8 Å². The van der Waals surface area contributed by atoms with Crippen LogP contribution in [0.1, 0.15) is 0 Å². The molecule has 5 aromatic carbocycles. The van der Waals surface area contributed by atoms with Crippen LogP contribution in [-0.2, 0) is 0 Å². The van der Waals surface area contributed by atoms with Gasteiger partial charge >= 0.3 is 0 Å². The van der Waals surface area contributed by atoms with Gasteiger partial charge in [0.2, 0.25) is 0 Å². The molecule has 0 unspecified atom stereocenters. The summed E-state index contributed by atoms with van der Waals surface area (Å²) in [6, 6.07) is 29.8. The molecule has 0 radical (unpaired) electrons. The van der Waals surface area contributed by atoms with Crippen LogP contribution in [0.3, 0.4) is 0 Å². The molecule has 0 aliphatic carbocycles. The summed E-state index contributed by atoms with van der Waals surface area (Å²) < 4.78 is 13.4. The van der Waals surface area contributed by atoms with Gasteiger partial charge in [-0.15, -0.1) is 17.8 Å². The lowest BCUT2D eigenvalue weighted by Crippen LogP contribution is -2.01. The zero-order valence-electron chi connectivity index (χ0n) is 18.1. The van der Waals surface area contributed by atoms with Gasteiger partial charge in [0.1, 0.15) is 23.9 Å². The van der Waals surface area contributed by atoms with Crippen LogP contribution in [0.25, 0.3) is 41.7 Å². The van der Waals surface area contributed by atoms with Crippen molar-refractivity contribution in [2.75, 3.05) is 6.61 Å². The van der Waals surface area contributed by atoms with Crippen LogP contribution in [-0.4, -0.2) is 6.61 Å². The number of terminal acetylenes is 1. The molecule has 0 bridgehead atoms. The number of ether oxygens (including phenoxy) is 2. The van der Waals surface area contributed by atoms with Crippen LogP contribution >= 0.6 is 11.3 Å². The molecule has 162 valence electrons. The third-order valence-corrected chi connectivity index (χ3v) is 6.96. The van der Waals surface area contributed by atoms with Crippen LogP contribution in [0.4, 0.5) is 0 Å². The predicted octanol–water partition coefficient (Wildman–Crippen LogP) is 7.53. The Balaban J connectivity index is 1.38. The Morgan fingerprint density at radius 1 is 0.676 bits per heavy atom. The molecule has 0 N–H and O–H groups in total. The minimum absolute atomic E-state index is 0.00335. The standard InChI is InChI=1S/C30H18O3S/c1-2-13-32-23-9-11-26-28(17-23)34-29-18-25(10-12-27(29)30(26)31)33-24-8-7-21-14-19-5-3-4-6-20(19)15-22(21)16-24/h1,3-12,14-18H,13H2. The molecule has 0 fully saturated rings. The summed E-state index contributed by atoms with van der Waals surface area (Å²) >= 11 is 1.53. The second-order valence-electron chi connectivity index (χ2n) is 8.05. The normalized spacial score (nSPS) is 11.1. The van der Waals surface area contributed by atoms with Gasteiger partial charge in [0.05, 0.1) is 0 Å². The van der Waals surface area contributed by atoms with Crippen LogP contribution < -0.4 is 14.9 Å². The van der Waals surface area contributed by atoms with Crippen LogP contribution in [0.2, 0.25) is 0 Å². The monoisotopic (exact) mass is 458 g/mol. The lowest BCUT2D eigenvalue weighted by Gasteiger charge is -2.09. The van der Waals surface area contributed by atoms with E-state index in [1.807, 2.05) is 48.5 Å². The summed E-state index contributed by atoms with van der Waals surface area (Å²) in [5.41, 5.74) is -0.00335. The quantitative estimate of drug-likeness (QED) is 0.202. The molecular formula is C30H18O3S. The van der Waals surface area contributed by atoms with E-state index in [9.17, 15) is 4.79 Å². The fourth-order valence-corrected chi connectivity index (χ4v) is 5.34. The number of rotatable bonds is 4. The summed E-state index contributed by atoms with van der Waals surface area (Å²) in [6.07, 6.45) is 5.29. The molecule has 0 saturated carbocycles. The third kappa shape index (κ3) is 3.63. The Bertz CT molecular complexity index is 1830. The predicted molar refractivity (Wildman–Crippen MR) is 141 cm³/mol. The average Bonchev–Trinajstić information content (AvgIpc) is 2.86. The first-order valence-electron chi connectivity index (χ1n) is 10.9. The molecule has 0 amide bonds. The van der Waals surface area contributed by atoms with Gasteiger partial charge in [0.15, 0.2) is 5.43 Å². The van der Waals surface area contributed by atoms with E-state index in [2.05, 4.69) is 36.3 Å². The minimum atomic E-state index is -0.00335. The summed E-state index contributed by atoms with van der Waals surface area (Å²) in [4.78, 5) is 13.0. The van der Waals surface area contributed by atoms with Crippen LogP contribution in [0.5, 0.6) is 17.2 Å². The Labute approximate surface area is 199 Å². The lowest BCUT2D eigenvalue weighted by atomic mass is 10.0. The fourth-order valence-electron chi connectivity index (χ4n) is 4.21. The van der Waals surface area contributed by atoms with Crippen molar-refractivity contribution in [2.45, 2.75) is 0 Å². The molecular weight excluding hydrogens is 440 g/mol. The van der Waals surface area contributed by atoms with E-state index in [1.54, 1.807) is 12.1 Å². The Morgan fingerprint density at radius 2 is 1.26 bits per heavy atom. The zero-order chi connectivity index (χ0) is 23.1. The van der Waals surface area contributed by atoms with Crippen molar-refractivity contribution in [1.82, 2.24) is 0 Å². The van der Waals surface area contributed by atoms with Crippen molar-refractivity contribution >= 4 is 53.1 Å². The highest BCUT2D eigenvalue weighted by atomic mass is 32.1. The molecule has 0 atom stereocenters. The first-order chi connectivity index (χ1) is 16.7. The van der Waals surface area contributed by atoms with E-state index in [0.717, 1.165) is 25.9 Å². The van der Waals surface area contributed by atoms with E-state index in [-0.39, 0.29) is 12.0 Å². The Morgan fingerprint density at radius 3 is 2.00 bits per heavy atom. The maximum Gasteiger partial charge on any atom is 0.195 e. The van der Waals surface area contributed by atoms with Crippen molar-refractivity contribution in [2.24, 2.45) is 0 Å². The molecule has 0 aliphatic heterocycles. The Hall–Kier alpha value is -4.33. The van der Waals surface area contributed by atoms with Crippen molar-refractivity contribution in [1.29, 1.82) is 0 Å². The summed E-state index contributed by atoms with van der Waals surface area (Å²) in [5, 5.41) is 6.03. The number of fused-ring (bicyclic) bond motifs is 4.